The largest absolute Gasteiger partial charge is 0.488 e. The van der Waals surface area contributed by atoms with Crippen LogP contribution in [0.4, 0.5) is 11.4 Å². The Morgan fingerprint density at radius 3 is 2.41 bits per heavy atom. The Morgan fingerprint density at radius 1 is 0.898 bits per heavy atom. The van der Waals surface area contributed by atoms with Gasteiger partial charge in [-0.1, -0.05) is 35.6 Å². The van der Waals surface area contributed by atoms with Crippen LogP contribution in [-0.2, 0) is 9.59 Å². The molecule has 302 valence electrons. The molecule has 5 aliphatic heterocycles. The number of ether oxygens (including phenoxy) is 1. The van der Waals surface area contributed by atoms with Crippen molar-refractivity contribution in [3.05, 3.63) is 99.4 Å². The molecule has 59 heavy (non-hydrogen) atoms. The highest BCUT2D eigenvalue weighted by Crippen LogP contribution is 2.42. The number of carbonyl (C=O) groups excluding carboxylic acids is 5. The summed E-state index contributed by atoms with van der Waals surface area (Å²) in [5, 5.41) is 2.63. The molecule has 5 heterocycles. The van der Waals surface area contributed by atoms with Gasteiger partial charge in [0.2, 0.25) is 17.5 Å². The molecule has 13 heteroatoms. The van der Waals surface area contributed by atoms with Crippen molar-refractivity contribution in [1.29, 1.82) is 0 Å². The number of halogens is 1. The van der Waals surface area contributed by atoms with E-state index in [-0.39, 0.29) is 42.7 Å². The van der Waals surface area contributed by atoms with Gasteiger partial charge in [0.05, 0.1) is 34.5 Å². The monoisotopic (exact) mass is 812 g/mol. The second kappa shape index (κ2) is 16.2. The quantitative estimate of drug-likeness (QED) is 0.177. The molecule has 12 nitrogen and oxygen atoms in total. The van der Waals surface area contributed by atoms with E-state index in [1.54, 1.807) is 30.3 Å². The third-order valence-corrected chi connectivity index (χ3v) is 13.4. The SMILES string of the molecule is [C-]#[N+]c1ccc(OC2C3CCC2N(C(=O)c2ccc(C#CC4CCN(CC5CCN(c6cccc7c6C(=O)N(C6CCC(=O)NC6=O)C7=O)CC5)CC4)cc2)C3)cc1Cl. The summed E-state index contributed by atoms with van der Waals surface area (Å²) >= 11 is 6.24. The molecular formula is C46H45ClN6O6. The van der Waals surface area contributed by atoms with Crippen LogP contribution in [-0.4, -0.2) is 102 Å². The number of nitrogens with zero attached hydrogens (tertiary/aromatic N) is 5. The predicted octanol–water partition coefficient (Wildman–Crippen LogP) is 5.95. The van der Waals surface area contributed by atoms with E-state index in [9.17, 15) is 24.0 Å². The fraction of sp³-hybridized carbons (Fsp3) is 0.435. The van der Waals surface area contributed by atoms with Gasteiger partial charge in [-0.15, -0.1) is 0 Å². The van der Waals surface area contributed by atoms with Gasteiger partial charge in [0.25, 0.3) is 17.7 Å². The van der Waals surface area contributed by atoms with E-state index in [1.165, 1.54) is 0 Å². The Hall–Kier alpha value is -5.69. The number of hydrogen-bond acceptors (Lipinski definition) is 8. The Kier molecular flexibility index (Phi) is 10.6. The van der Waals surface area contributed by atoms with Crippen LogP contribution in [0.2, 0.25) is 5.02 Å². The van der Waals surface area contributed by atoms with E-state index in [2.05, 4.69) is 31.8 Å². The molecule has 2 bridgehead atoms. The van der Waals surface area contributed by atoms with Gasteiger partial charge in [-0.3, -0.25) is 34.2 Å². The van der Waals surface area contributed by atoms with Gasteiger partial charge in [-0.25, -0.2) is 4.85 Å². The maximum Gasteiger partial charge on any atom is 0.264 e. The minimum atomic E-state index is -0.977. The van der Waals surface area contributed by atoms with Crippen LogP contribution in [0.5, 0.6) is 5.75 Å². The number of nitrogens with one attached hydrogen (secondary N) is 1. The van der Waals surface area contributed by atoms with Crippen LogP contribution in [0.1, 0.15) is 88.0 Å². The highest BCUT2D eigenvalue weighted by molar-refractivity contribution is 6.33. The van der Waals surface area contributed by atoms with Crippen LogP contribution >= 0.6 is 11.6 Å². The molecule has 5 fully saturated rings. The van der Waals surface area contributed by atoms with Gasteiger partial charge in [-0.05, 0) is 112 Å². The summed E-state index contributed by atoms with van der Waals surface area (Å²) in [5.41, 5.74) is 3.36. The normalized spacial score (nSPS) is 24.8. The van der Waals surface area contributed by atoms with Crippen molar-refractivity contribution in [2.24, 2.45) is 17.8 Å². The van der Waals surface area contributed by atoms with E-state index in [0.717, 1.165) is 87.4 Å². The highest BCUT2D eigenvalue weighted by atomic mass is 35.5. The van der Waals surface area contributed by atoms with E-state index >= 15 is 0 Å². The molecule has 0 spiro atoms. The van der Waals surface area contributed by atoms with Crippen molar-refractivity contribution in [2.75, 3.05) is 44.2 Å². The maximum atomic E-state index is 13.6. The fourth-order valence-electron chi connectivity index (χ4n) is 9.95. The van der Waals surface area contributed by atoms with Crippen LogP contribution < -0.4 is 15.0 Å². The number of rotatable bonds is 7. The van der Waals surface area contributed by atoms with Gasteiger partial charge in [0.1, 0.15) is 17.9 Å². The van der Waals surface area contributed by atoms with E-state index in [1.807, 2.05) is 35.2 Å². The minimum Gasteiger partial charge on any atom is -0.488 e. The Labute approximate surface area is 348 Å². The zero-order valence-electron chi connectivity index (χ0n) is 32.7. The molecule has 4 saturated heterocycles. The number of carbonyl (C=O) groups is 5. The number of piperidine rings is 4. The zero-order chi connectivity index (χ0) is 40.8. The second-order valence-electron chi connectivity index (χ2n) is 16.7. The maximum absolute atomic E-state index is 13.6. The van der Waals surface area contributed by atoms with Gasteiger partial charge in [0.15, 0.2) is 0 Å². The Morgan fingerprint density at radius 2 is 1.68 bits per heavy atom. The van der Waals surface area contributed by atoms with Crippen molar-refractivity contribution in [1.82, 2.24) is 20.0 Å². The molecule has 9 rings (SSSR count). The number of imide groups is 2. The van der Waals surface area contributed by atoms with Gasteiger partial charge in [-0.2, -0.15) is 0 Å². The standard InChI is InChI=1S/C46H45ClN6O6/c1-48-36-13-12-33(25-35(36)47)59-42-32-11-14-38(42)52(27-32)44(56)31-9-7-28(8-10-31)5-6-29-17-21-50(22-18-29)26-30-19-23-51(24-20-30)37-4-2-3-34-41(37)46(58)53(45(34)57)39-15-16-40(54)49-43(39)55/h2-4,7-10,12-13,25,29-30,32,38-39,42H,11,14-24,26-27H2,(H,49,54,55). The molecule has 4 unspecified atom stereocenters. The molecule has 0 aromatic heterocycles. The first-order valence-corrected chi connectivity index (χ1v) is 21.1. The lowest BCUT2D eigenvalue weighted by atomic mass is 9.92. The summed E-state index contributed by atoms with van der Waals surface area (Å²) in [5.74, 6) is 6.67. The third kappa shape index (κ3) is 7.56. The molecule has 1 aliphatic carbocycles. The number of fused-ring (bicyclic) bond motifs is 3. The van der Waals surface area contributed by atoms with Crippen LogP contribution in [0.25, 0.3) is 4.85 Å². The van der Waals surface area contributed by atoms with Gasteiger partial charge < -0.3 is 19.4 Å². The summed E-state index contributed by atoms with van der Waals surface area (Å²) in [6, 6.07) is 17.1. The lowest BCUT2D eigenvalue weighted by Gasteiger charge is -2.38. The highest BCUT2D eigenvalue weighted by Gasteiger charge is 2.50. The first-order valence-electron chi connectivity index (χ1n) is 20.7. The predicted molar refractivity (Wildman–Crippen MR) is 220 cm³/mol. The molecule has 4 atom stereocenters. The second-order valence-corrected chi connectivity index (χ2v) is 17.1. The van der Waals surface area contributed by atoms with Gasteiger partial charge in [0, 0.05) is 55.6 Å². The molecule has 3 aromatic carbocycles. The Balaban J connectivity index is 0.735. The molecule has 1 N–H and O–H groups in total. The van der Waals surface area contributed by atoms with Crippen molar-refractivity contribution in [3.63, 3.8) is 0 Å². The number of amides is 5. The van der Waals surface area contributed by atoms with Crippen LogP contribution in [0.15, 0.2) is 60.7 Å². The molecular weight excluding hydrogens is 768 g/mol. The van der Waals surface area contributed by atoms with Crippen molar-refractivity contribution >= 4 is 52.5 Å². The summed E-state index contributed by atoms with van der Waals surface area (Å²) in [7, 11) is 0. The fourth-order valence-corrected chi connectivity index (χ4v) is 10.2. The molecule has 0 radical (unpaired) electrons. The number of hydrogen-bond donors (Lipinski definition) is 1. The summed E-state index contributed by atoms with van der Waals surface area (Å²) in [6.45, 7) is 12.5. The van der Waals surface area contributed by atoms with E-state index in [4.69, 9.17) is 22.9 Å². The van der Waals surface area contributed by atoms with E-state index < -0.39 is 23.8 Å². The molecule has 5 amide bonds. The third-order valence-electron chi connectivity index (χ3n) is 13.1. The Bertz CT molecular complexity index is 2320. The minimum absolute atomic E-state index is 0.00161. The van der Waals surface area contributed by atoms with Crippen molar-refractivity contribution in [2.45, 2.75) is 69.6 Å². The molecule has 6 aliphatic rings. The zero-order valence-corrected chi connectivity index (χ0v) is 33.5. The van der Waals surface area contributed by atoms with E-state index in [0.29, 0.717) is 51.5 Å². The van der Waals surface area contributed by atoms with Gasteiger partial charge >= 0.3 is 0 Å². The number of anilines is 1. The number of benzene rings is 3. The number of likely N-dealkylation sites (tertiary alicyclic amines) is 2. The van der Waals surface area contributed by atoms with Crippen LogP contribution in [0.3, 0.4) is 0 Å². The first kappa shape index (κ1) is 38.8. The van der Waals surface area contributed by atoms with Crippen molar-refractivity contribution in [3.8, 4) is 17.6 Å². The summed E-state index contributed by atoms with van der Waals surface area (Å²) in [6.07, 6.45) is 6.02. The lowest BCUT2D eigenvalue weighted by molar-refractivity contribution is -0.136. The summed E-state index contributed by atoms with van der Waals surface area (Å²) in [4.78, 5) is 75.9. The average molecular weight is 813 g/mol. The average Bonchev–Trinajstić information content (AvgIpc) is 3.88. The van der Waals surface area contributed by atoms with Crippen LogP contribution in [0, 0.1) is 36.2 Å². The lowest BCUT2D eigenvalue weighted by Crippen LogP contribution is -2.54. The smallest absolute Gasteiger partial charge is 0.264 e. The molecule has 1 saturated carbocycles. The topological polar surface area (TPSA) is 124 Å². The van der Waals surface area contributed by atoms with Crippen molar-refractivity contribution < 1.29 is 28.7 Å². The first-order chi connectivity index (χ1) is 28.6. The summed E-state index contributed by atoms with van der Waals surface area (Å²) < 4.78 is 6.33. The molecule has 3 aromatic rings.